The third kappa shape index (κ3) is 5.04. The zero-order valence-corrected chi connectivity index (χ0v) is 17.0. The van der Waals surface area contributed by atoms with Gasteiger partial charge in [-0.2, -0.15) is 5.10 Å². The summed E-state index contributed by atoms with van der Waals surface area (Å²) in [5.74, 6) is -1.85. The van der Waals surface area contributed by atoms with Crippen LogP contribution in [0.2, 0.25) is 0 Å². The molecule has 160 valence electrons. The number of carbonyl (C=O) groups is 2. The van der Waals surface area contributed by atoms with E-state index >= 15 is 0 Å². The maximum absolute atomic E-state index is 13.4. The van der Waals surface area contributed by atoms with Crippen molar-refractivity contribution in [2.24, 2.45) is 0 Å². The molecule has 32 heavy (non-hydrogen) atoms. The Labute approximate surface area is 183 Å². The molecule has 2 N–H and O–H groups in total. The molecule has 0 bridgehead atoms. The molecule has 2 amide bonds. The molecule has 4 rings (SSSR count). The quantitative estimate of drug-likeness (QED) is 0.461. The number of carbonyl (C=O) groups excluding carboxylic acids is 2. The Morgan fingerprint density at radius 1 is 0.875 bits per heavy atom. The first-order valence-corrected chi connectivity index (χ1v) is 9.95. The zero-order chi connectivity index (χ0) is 22.3. The van der Waals surface area contributed by atoms with Crippen LogP contribution in [0.25, 0.3) is 16.9 Å². The Morgan fingerprint density at radius 2 is 1.59 bits per heavy atom. The lowest BCUT2D eigenvalue weighted by atomic mass is 10.1. The van der Waals surface area contributed by atoms with Crippen LogP contribution in [0.4, 0.5) is 4.39 Å². The van der Waals surface area contributed by atoms with Gasteiger partial charge in [0.1, 0.15) is 5.82 Å². The summed E-state index contributed by atoms with van der Waals surface area (Å²) in [6.07, 6.45) is 5.03. The first-order valence-electron chi connectivity index (χ1n) is 9.95. The molecular weight excluding hydrogens is 409 g/mol. The minimum Gasteiger partial charge on any atom is -0.344 e. The summed E-state index contributed by atoms with van der Waals surface area (Å²) in [6.45, 7) is 0.283. The fourth-order valence-corrected chi connectivity index (χ4v) is 3.12. The van der Waals surface area contributed by atoms with Crippen molar-refractivity contribution in [3.05, 3.63) is 102 Å². The summed E-state index contributed by atoms with van der Waals surface area (Å²) in [6, 6.07) is 19.0. The van der Waals surface area contributed by atoms with Crippen LogP contribution >= 0.6 is 0 Å². The molecule has 0 saturated carbocycles. The van der Waals surface area contributed by atoms with E-state index in [9.17, 15) is 14.0 Å². The fourth-order valence-electron chi connectivity index (χ4n) is 3.12. The average Bonchev–Trinajstić information content (AvgIpc) is 3.27. The summed E-state index contributed by atoms with van der Waals surface area (Å²) in [4.78, 5) is 28.4. The van der Waals surface area contributed by atoms with E-state index in [2.05, 4.69) is 20.7 Å². The molecule has 0 spiro atoms. The molecule has 0 atom stereocenters. The van der Waals surface area contributed by atoms with Crippen LogP contribution in [0.3, 0.4) is 0 Å². The molecule has 0 saturated heterocycles. The van der Waals surface area contributed by atoms with Gasteiger partial charge in [-0.1, -0.05) is 24.3 Å². The Hall–Kier alpha value is -4.33. The molecule has 0 aliphatic heterocycles. The Balaban J connectivity index is 1.49. The summed E-state index contributed by atoms with van der Waals surface area (Å²) in [5, 5.41) is 9.81. The fraction of sp³-hybridized carbons (Fsp3) is 0.0833. The van der Waals surface area contributed by atoms with Gasteiger partial charge >= 0.3 is 11.8 Å². The average molecular weight is 429 g/mol. The SMILES string of the molecule is O=C(NCc1cccnc1)C(=O)NCc1cn(-c2ccccc2)nc1-c1ccc(F)cc1. The molecule has 7 nitrogen and oxygen atoms in total. The van der Waals surface area contributed by atoms with E-state index < -0.39 is 11.8 Å². The number of rotatable bonds is 6. The van der Waals surface area contributed by atoms with Gasteiger partial charge in [0.2, 0.25) is 0 Å². The van der Waals surface area contributed by atoms with E-state index in [0.717, 1.165) is 11.3 Å². The summed E-state index contributed by atoms with van der Waals surface area (Å²) in [7, 11) is 0. The van der Waals surface area contributed by atoms with Crippen molar-refractivity contribution in [3.63, 3.8) is 0 Å². The highest BCUT2D eigenvalue weighted by molar-refractivity contribution is 6.35. The monoisotopic (exact) mass is 429 g/mol. The van der Waals surface area contributed by atoms with E-state index in [1.54, 1.807) is 47.5 Å². The van der Waals surface area contributed by atoms with Gasteiger partial charge in [-0.05, 0) is 48.0 Å². The maximum atomic E-state index is 13.4. The van der Waals surface area contributed by atoms with Crippen molar-refractivity contribution in [1.82, 2.24) is 25.4 Å². The molecule has 2 aromatic carbocycles. The van der Waals surface area contributed by atoms with Gasteiger partial charge in [0.25, 0.3) is 0 Å². The maximum Gasteiger partial charge on any atom is 0.309 e. The summed E-state index contributed by atoms with van der Waals surface area (Å²) in [5.41, 5.74) is 3.60. The smallest absolute Gasteiger partial charge is 0.309 e. The normalized spacial score (nSPS) is 10.5. The second kappa shape index (κ2) is 9.65. The number of halogens is 1. The molecular formula is C24H20FN5O2. The lowest BCUT2D eigenvalue weighted by Gasteiger charge is -2.07. The highest BCUT2D eigenvalue weighted by Gasteiger charge is 2.17. The molecule has 4 aromatic rings. The Morgan fingerprint density at radius 3 is 2.28 bits per heavy atom. The Kier molecular flexibility index (Phi) is 6.31. The molecule has 0 unspecified atom stereocenters. The number of pyridine rings is 1. The number of nitrogens with one attached hydrogen (secondary N) is 2. The van der Waals surface area contributed by atoms with Crippen LogP contribution in [0, 0.1) is 5.82 Å². The third-order valence-electron chi connectivity index (χ3n) is 4.75. The number of hydrogen-bond donors (Lipinski definition) is 2. The minimum absolute atomic E-state index is 0.0820. The third-order valence-corrected chi connectivity index (χ3v) is 4.75. The van der Waals surface area contributed by atoms with Crippen LogP contribution in [-0.2, 0) is 22.7 Å². The van der Waals surface area contributed by atoms with E-state index in [0.29, 0.717) is 16.8 Å². The zero-order valence-electron chi connectivity index (χ0n) is 17.0. The topological polar surface area (TPSA) is 88.9 Å². The van der Waals surface area contributed by atoms with Crippen LogP contribution < -0.4 is 10.6 Å². The largest absolute Gasteiger partial charge is 0.344 e. The van der Waals surface area contributed by atoms with Crippen molar-refractivity contribution in [2.75, 3.05) is 0 Å². The van der Waals surface area contributed by atoms with Crippen molar-refractivity contribution >= 4 is 11.8 Å². The summed E-state index contributed by atoms with van der Waals surface area (Å²) >= 11 is 0. The van der Waals surface area contributed by atoms with E-state index in [-0.39, 0.29) is 18.9 Å². The predicted molar refractivity (Wildman–Crippen MR) is 117 cm³/mol. The highest BCUT2D eigenvalue weighted by atomic mass is 19.1. The van der Waals surface area contributed by atoms with Crippen molar-refractivity contribution in [2.45, 2.75) is 13.1 Å². The highest BCUT2D eigenvalue weighted by Crippen LogP contribution is 2.24. The number of benzene rings is 2. The molecule has 8 heteroatoms. The van der Waals surface area contributed by atoms with Crippen LogP contribution in [0.1, 0.15) is 11.1 Å². The van der Waals surface area contributed by atoms with Gasteiger partial charge in [-0.25, -0.2) is 9.07 Å². The predicted octanol–water partition coefficient (Wildman–Crippen LogP) is 3.01. The van der Waals surface area contributed by atoms with Crippen LogP contribution in [0.15, 0.2) is 85.3 Å². The van der Waals surface area contributed by atoms with Crippen LogP contribution in [0.5, 0.6) is 0 Å². The van der Waals surface area contributed by atoms with Crippen molar-refractivity contribution < 1.29 is 14.0 Å². The minimum atomic E-state index is -0.758. The molecule has 2 aromatic heterocycles. The second-order valence-corrected chi connectivity index (χ2v) is 7.02. The van der Waals surface area contributed by atoms with Gasteiger partial charge in [0.05, 0.1) is 11.4 Å². The number of hydrogen-bond acceptors (Lipinski definition) is 4. The molecule has 0 aliphatic rings. The number of nitrogens with zero attached hydrogens (tertiary/aromatic N) is 3. The van der Waals surface area contributed by atoms with Gasteiger partial charge in [0.15, 0.2) is 0 Å². The van der Waals surface area contributed by atoms with E-state index in [1.807, 2.05) is 30.3 Å². The second-order valence-electron chi connectivity index (χ2n) is 7.02. The van der Waals surface area contributed by atoms with Gasteiger partial charge in [0, 0.05) is 42.8 Å². The van der Waals surface area contributed by atoms with E-state index in [4.69, 9.17) is 0 Å². The van der Waals surface area contributed by atoms with Crippen molar-refractivity contribution in [1.29, 1.82) is 0 Å². The first-order chi connectivity index (χ1) is 15.6. The van der Waals surface area contributed by atoms with Gasteiger partial charge < -0.3 is 10.6 Å². The molecule has 2 heterocycles. The number of para-hydroxylation sites is 1. The van der Waals surface area contributed by atoms with Gasteiger partial charge in [-0.15, -0.1) is 0 Å². The number of aromatic nitrogens is 3. The molecule has 0 fully saturated rings. The number of amides is 2. The standard InChI is InChI=1S/C24H20FN5O2/c25-20-10-8-18(9-11-20)22-19(16-30(29-22)21-6-2-1-3-7-21)15-28-24(32)23(31)27-14-17-5-4-12-26-13-17/h1-13,16H,14-15H2,(H,27,31)(H,28,32). The summed E-state index contributed by atoms with van der Waals surface area (Å²) < 4.78 is 15.1. The van der Waals surface area contributed by atoms with Crippen molar-refractivity contribution in [3.8, 4) is 16.9 Å². The lowest BCUT2D eigenvalue weighted by molar-refractivity contribution is -0.139. The Bertz CT molecular complexity index is 1210. The first kappa shape index (κ1) is 20.9. The van der Waals surface area contributed by atoms with Gasteiger partial charge in [-0.3, -0.25) is 14.6 Å². The lowest BCUT2D eigenvalue weighted by Crippen LogP contribution is -2.39. The van der Waals surface area contributed by atoms with Crippen LogP contribution in [-0.4, -0.2) is 26.6 Å². The molecule has 0 radical (unpaired) electrons. The van der Waals surface area contributed by atoms with E-state index in [1.165, 1.54) is 12.1 Å². The molecule has 0 aliphatic carbocycles.